The van der Waals surface area contributed by atoms with Gasteiger partial charge in [-0.25, -0.2) is 48.2 Å². The minimum atomic E-state index is -5.00. The second-order valence-corrected chi connectivity index (χ2v) is 37.8. The van der Waals surface area contributed by atoms with Crippen molar-refractivity contribution in [2.24, 2.45) is 0 Å². The van der Waals surface area contributed by atoms with Gasteiger partial charge in [0.25, 0.3) is 35.4 Å². The van der Waals surface area contributed by atoms with Gasteiger partial charge in [0.05, 0.1) is 52.7 Å². The molecule has 0 fully saturated rings. The predicted octanol–water partition coefficient (Wildman–Crippen LogP) is 11.8. The van der Waals surface area contributed by atoms with E-state index in [1.807, 2.05) is 75.2 Å². The van der Waals surface area contributed by atoms with Crippen LogP contribution >= 0.6 is 31.3 Å². The van der Waals surface area contributed by atoms with Crippen LogP contribution in [0.1, 0.15) is 149 Å². The molecular formula is C93H109N15O27P4. The number of aromatic nitrogens is 9. The highest BCUT2D eigenvalue weighted by atomic mass is 31.2. The van der Waals surface area contributed by atoms with E-state index in [2.05, 4.69) is 28.8 Å². The zero-order valence-corrected chi connectivity index (χ0v) is 79.9. The van der Waals surface area contributed by atoms with Crippen molar-refractivity contribution in [1.82, 2.24) is 58.3 Å². The largest absolute Gasteiger partial charge is 0.524 e. The number of rotatable bonds is 47. The van der Waals surface area contributed by atoms with Gasteiger partial charge in [0, 0.05) is 148 Å². The fraction of sp³-hybridized carbons (Fsp3) is 0.355. The van der Waals surface area contributed by atoms with Crippen LogP contribution in [0, 0.1) is 0 Å². The molecule has 9 heterocycles. The third-order valence-corrected chi connectivity index (χ3v) is 24.5. The van der Waals surface area contributed by atoms with E-state index in [1.165, 1.54) is 99.7 Å². The second kappa shape index (κ2) is 46.4. The molecule has 46 heteroatoms. The molecule has 0 radical (unpaired) electrons. The third-order valence-electron chi connectivity index (χ3n) is 22.8. The van der Waals surface area contributed by atoms with Gasteiger partial charge in [-0.15, -0.1) is 0 Å². The summed E-state index contributed by atoms with van der Waals surface area (Å²) in [4.78, 5) is 177. The molecule has 16 N–H and O–H groups in total. The lowest BCUT2D eigenvalue weighted by atomic mass is 10.1. The standard InChI is InChI=1S/C31H37N5O11P2.2C31H36N5O8P/c1-2-3-7-26-34-29-30(36(26)19-21-18-22(46-48(39,40)41)9-11-25(21)47-49(42,43)44)23-10-8-20(17-24(23)33-31(29)32)6-4-15-45-16-5-14-35-27(37)12-13-28(35)38;1-2-3-7-26-34-29-30(36(26)19-21-18-22(9-11-25(21)37)44-45(40,41)42)23-10-8-20(17-24(23)33-31(29)32)6-4-15-43-16-5-14-35-27(38)12-13-28(35)39;1-2-3-7-26-34-29-30(36(26)19-21-18-22(37)9-11-25(21)44-45(40,41)42)23-10-8-20(17-24(23)33-31(29)32)6-4-15-43-16-5-14-35-27(38)12-13-28(35)39/h8-13,17-18H,2-7,14-16,19H2,1H3,(H2,32,33)(H2,39,40,41)(H2,42,43,44);2*8-13,17-18,37H,2-7,14-16,19H2,1H3,(H2,32,33)(H2,40,41,42). The Balaban J connectivity index is 0.000000176. The minimum absolute atomic E-state index is 0.0460. The van der Waals surface area contributed by atoms with E-state index >= 15 is 0 Å². The van der Waals surface area contributed by atoms with E-state index in [0.29, 0.717) is 166 Å². The van der Waals surface area contributed by atoms with Crippen LogP contribution in [0.15, 0.2) is 146 Å². The van der Waals surface area contributed by atoms with Crippen LogP contribution in [0.3, 0.4) is 0 Å². The SMILES string of the molecule is CCCCc1nc2c(N)nc3cc(CCCOCCCN4C(=O)C=CC4=O)ccc3c2n1Cc1cc(O)ccc1OP(=O)(O)O.CCCCc1nc2c(N)nc3cc(CCCOCCCN4C(=O)C=CC4=O)ccc3c2n1Cc1cc(OP(=O)(O)O)ccc1O.CCCCc1nc2c(N)nc3cc(CCCOCCCN4C(=O)C=CC4=O)ccc3c2n1Cc1cc(OP(=O)(O)O)ccc1OP(=O)(O)O. The normalized spacial score (nSPS) is 13.6. The Morgan fingerprint density at radius 1 is 0.324 bits per heavy atom. The zero-order chi connectivity index (χ0) is 99.6. The molecule has 139 heavy (non-hydrogen) atoms. The van der Waals surface area contributed by atoms with E-state index < -0.39 is 31.3 Å². The van der Waals surface area contributed by atoms with Crippen molar-refractivity contribution >= 4 is 150 Å². The van der Waals surface area contributed by atoms with E-state index in [9.17, 15) is 96.4 Å². The van der Waals surface area contributed by atoms with Gasteiger partial charge in [0.15, 0.2) is 17.5 Å². The van der Waals surface area contributed by atoms with Gasteiger partial charge in [0.1, 0.15) is 68.5 Å². The molecule has 12 aromatic rings. The zero-order valence-electron chi connectivity index (χ0n) is 76.4. The number of carbonyl (C=O) groups is 6. The molecule has 15 rings (SSSR count). The lowest BCUT2D eigenvalue weighted by Crippen LogP contribution is -2.31. The van der Waals surface area contributed by atoms with Gasteiger partial charge in [-0.1, -0.05) is 76.4 Å². The van der Waals surface area contributed by atoms with Crippen LogP contribution in [0.2, 0.25) is 0 Å². The summed E-state index contributed by atoms with van der Waals surface area (Å²) in [6.45, 7) is 10.2. The minimum Gasteiger partial charge on any atom is -0.508 e. The van der Waals surface area contributed by atoms with E-state index in [-0.39, 0.29) is 113 Å². The number of ether oxygens (including phenoxy) is 3. The number of nitrogen functional groups attached to an aromatic ring is 3. The first-order chi connectivity index (χ1) is 66.3. The van der Waals surface area contributed by atoms with Gasteiger partial charge in [-0.2, -0.15) is 0 Å². The van der Waals surface area contributed by atoms with Crippen LogP contribution in [-0.4, -0.2) is 202 Å². The number of nitrogens with zero attached hydrogens (tertiary/aromatic N) is 12. The topological polar surface area (TPSA) is 618 Å². The second-order valence-electron chi connectivity index (χ2n) is 33.2. The number of fused-ring (bicyclic) bond motifs is 9. The fourth-order valence-corrected chi connectivity index (χ4v) is 18.0. The van der Waals surface area contributed by atoms with Crippen LogP contribution in [0.4, 0.5) is 17.5 Å². The van der Waals surface area contributed by atoms with Gasteiger partial charge >= 0.3 is 31.3 Å². The number of carbonyl (C=O) groups excluding carboxylic acids is 6. The molecule has 0 spiro atoms. The number of phosphoric ester groups is 4. The molecular weight excluding hydrogens is 1880 g/mol. The number of hydrogen-bond acceptors (Lipinski definition) is 28. The lowest BCUT2D eigenvalue weighted by molar-refractivity contribution is -0.138. The number of pyridine rings is 3. The number of unbranched alkanes of at least 4 members (excludes halogenated alkanes) is 3. The van der Waals surface area contributed by atoms with Gasteiger partial charge in [-0.05, 0) is 167 Å². The maximum Gasteiger partial charge on any atom is 0.524 e. The molecule has 3 aliphatic rings. The van der Waals surface area contributed by atoms with E-state index in [4.69, 9.17) is 64.5 Å². The average molecular weight is 1990 g/mol. The average Bonchev–Trinajstić information content (AvgIpc) is 1.60. The molecule has 0 saturated carbocycles. The number of aromatic hydroxyl groups is 2. The number of aryl methyl sites for hydroxylation is 6. The number of phosphoric acid groups is 4. The first-order valence-electron chi connectivity index (χ1n) is 45.1. The number of hydrogen-bond donors (Lipinski definition) is 13. The fourth-order valence-electron chi connectivity index (χ4n) is 16.3. The van der Waals surface area contributed by atoms with Crippen molar-refractivity contribution in [1.29, 1.82) is 0 Å². The third kappa shape index (κ3) is 27.7. The van der Waals surface area contributed by atoms with Crippen molar-refractivity contribution < 1.29 is 129 Å². The summed E-state index contributed by atoms with van der Waals surface area (Å²) in [5.74, 6) is 0.389. The summed E-state index contributed by atoms with van der Waals surface area (Å²) >= 11 is 0. The molecule has 0 bridgehead atoms. The smallest absolute Gasteiger partial charge is 0.508 e. The molecule has 0 aliphatic carbocycles. The Labute approximate surface area is 796 Å². The summed E-state index contributed by atoms with van der Waals surface area (Å²) < 4.78 is 88.6. The van der Waals surface area contributed by atoms with Gasteiger partial charge in [0.2, 0.25) is 0 Å². The number of nitrogens with two attached hydrogens (primary N) is 3. The molecule has 738 valence electrons. The number of benzene rings is 6. The Hall–Kier alpha value is -12.7. The van der Waals surface area contributed by atoms with Crippen molar-refractivity contribution in [2.75, 3.05) is 76.5 Å². The maximum absolute atomic E-state index is 11.8. The molecule has 6 amide bonds. The number of imide groups is 3. The summed E-state index contributed by atoms with van der Waals surface area (Å²) in [7, 11) is -19.6. The van der Waals surface area contributed by atoms with Crippen LogP contribution in [0.25, 0.3) is 65.8 Å². The highest BCUT2D eigenvalue weighted by molar-refractivity contribution is 7.47. The van der Waals surface area contributed by atoms with E-state index in [1.54, 1.807) is 0 Å². The molecule has 3 aliphatic heterocycles. The molecule has 42 nitrogen and oxygen atoms in total. The number of amides is 6. The Morgan fingerprint density at radius 3 is 0.942 bits per heavy atom. The summed E-state index contributed by atoms with van der Waals surface area (Å²) in [5.41, 5.74) is 28.9. The van der Waals surface area contributed by atoms with E-state index in [0.717, 1.165) is 126 Å². The quantitative estimate of drug-likeness (QED) is 0.00957. The molecule has 0 saturated heterocycles. The monoisotopic (exact) mass is 1990 g/mol. The van der Waals surface area contributed by atoms with Crippen LogP contribution in [0.5, 0.6) is 34.5 Å². The summed E-state index contributed by atoms with van der Waals surface area (Å²) in [5, 5.41) is 23.2. The van der Waals surface area contributed by atoms with Gasteiger partial charge < -0.3 is 73.4 Å². The number of imidazole rings is 3. The van der Waals surface area contributed by atoms with Gasteiger partial charge in [-0.3, -0.25) is 82.6 Å². The summed E-state index contributed by atoms with van der Waals surface area (Å²) in [6.07, 6.45) is 20.7. The van der Waals surface area contributed by atoms with Crippen molar-refractivity contribution in [3.05, 3.63) is 197 Å². The van der Waals surface area contributed by atoms with Crippen molar-refractivity contribution in [3.8, 4) is 34.5 Å². The molecule has 0 unspecified atom stereocenters. The predicted molar refractivity (Wildman–Crippen MR) is 514 cm³/mol. The first-order valence-corrected chi connectivity index (χ1v) is 51.2. The highest BCUT2D eigenvalue weighted by Gasteiger charge is 2.31. The highest BCUT2D eigenvalue weighted by Crippen LogP contribution is 2.47. The molecule has 6 aromatic carbocycles. The summed E-state index contributed by atoms with van der Waals surface area (Å²) in [6, 6.07) is 29.3. The maximum atomic E-state index is 11.8. The van der Waals surface area contributed by atoms with Crippen LogP contribution < -0.4 is 35.3 Å². The number of phenols is 2. The Bertz CT molecular complexity index is 6870. The Morgan fingerprint density at radius 2 is 0.619 bits per heavy atom. The van der Waals surface area contributed by atoms with Crippen molar-refractivity contribution in [2.45, 2.75) is 156 Å². The number of phenolic OH excluding ortho intramolecular Hbond substituents is 2. The first kappa shape index (κ1) is 104. The Kier molecular flexibility index (Phi) is 34.6. The van der Waals surface area contributed by atoms with Crippen molar-refractivity contribution in [3.63, 3.8) is 0 Å². The molecule has 6 aromatic heterocycles. The lowest BCUT2D eigenvalue weighted by Gasteiger charge is -2.17. The van der Waals surface area contributed by atoms with Crippen LogP contribution in [-0.2, 0) is 119 Å². The molecule has 0 atom stereocenters. The number of anilines is 3.